The Morgan fingerprint density at radius 1 is 1.41 bits per heavy atom. The molecule has 0 saturated heterocycles. The topological polar surface area (TPSA) is 55.0 Å². The minimum Gasteiger partial charge on any atom is -0.372 e. The van der Waals surface area contributed by atoms with Crippen LogP contribution < -0.4 is 5.56 Å². The third-order valence-electron chi connectivity index (χ3n) is 1.83. The molecule has 0 aliphatic heterocycles. The minimum absolute atomic E-state index is 0.0214. The lowest BCUT2D eigenvalue weighted by molar-refractivity contribution is -0.173. The summed E-state index contributed by atoms with van der Waals surface area (Å²) >= 11 is 0. The summed E-state index contributed by atoms with van der Waals surface area (Å²) in [7, 11) is 0. The summed E-state index contributed by atoms with van der Waals surface area (Å²) in [4.78, 5) is 16.7. The van der Waals surface area contributed by atoms with Crippen molar-refractivity contribution in [2.75, 3.05) is 13.2 Å². The average molecular weight is 254 g/mol. The molecule has 0 amide bonds. The first kappa shape index (κ1) is 13.6. The van der Waals surface area contributed by atoms with Gasteiger partial charge in [-0.05, 0) is 6.92 Å². The van der Waals surface area contributed by atoms with E-state index in [4.69, 9.17) is 0 Å². The normalized spacial score (nSPS) is 11.8. The molecule has 0 unspecified atom stereocenters. The Labute approximate surface area is 93.6 Å². The Morgan fingerprint density at radius 2 is 2.06 bits per heavy atom. The number of halogens is 4. The largest absolute Gasteiger partial charge is 0.411 e. The highest BCUT2D eigenvalue weighted by Crippen LogP contribution is 2.14. The zero-order valence-electron chi connectivity index (χ0n) is 8.90. The van der Waals surface area contributed by atoms with Gasteiger partial charge in [0.2, 0.25) is 5.82 Å². The summed E-state index contributed by atoms with van der Waals surface area (Å²) in [6, 6.07) is 0. The lowest BCUT2D eigenvalue weighted by atomic mass is 10.3. The van der Waals surface area contributed by atoms with Crippen molar-refractivity contribution in [1.82, 2.24) is 9.97 Å². The number of hydrogen-bond acceptors (Lipinski definition) is 3. The summed E-state index contributed by atoms with van der Waals surface area (Å²) in [6.45, 7) is -0.324. The molecule has 1 aromatic rings. The number of aryl methyl sites for hydroxylation is 1. The lowest BCUT2D eigenvalue weighted by Gasteiger charge is -2.07. The van der Waals surface area contributed by atoms with Gasteiger partial charge in [-0.15, -0.1) is 0 Å². The van der Waals surface area contributed by atoms with Gasteiger partial charge in [-0.2, -0.15) is 17.6 Å². The van der Waals surface area contributed by atoms with Gasteiger partial charge in [-0.25, -0.2) is 4.98 Å². The van der Waals surface area contributed by atoms with Crippen LogP contribution in [0.15, 0.2) is 4.79 Å². The first-order chi connectivity index (χ1) is 7.79. The molecular formula is C9H10F4N2O2. The van der Waals surface area contributed by atoms with Gasteiger partial charge in [0.15, 0.2) is 0 Å². The van der Waals surface area contributed by atoms with E-state index in [1.807, 2.05) is 0 Å². The molecule has 0 aliphatic rings. The number of ether oxygens (including phenoxy) is 1. The Kier molecular flexibility index (Phi) is 4.22. The Morgan fingerprint density at radius 3 is 2.59 bits per heavy atom. The Hall–Kier alpha value is -1.44. The molecule has 0 bridgehead atoms. The van der Waals surface area contributed by atoms with Crippen LogP contribution in [0.4, 0.5) is 17.6 Å². The van der Waals surface area contributed by atoms with Crippen LogP contribution in [0, 0.1) is 12.7 Å². The third kappa shape index (κ3) is 4.51. The van der Waals surface area contributed by atoms with E-state index in [9.17, 15) is 22.4 Å². The maximum atomic E-state index is 12.9. The summed E-state index contributed by atoms with van der Waals surface area (Å²) in [5.41, 5.74) is -1.04. The number of nitrogens with one attached hydrogen (secondary N) is 1. The summed E-state index contributed by atoms with van der Waals surface area (Å²) < 4.78 is 52.3. The van der Waals surface area contributed by atoms with Crippen molar-refractivity contribution in [1.29, 1.82) is 0 Å². The lowest BCUT2D eigenvalue weighted by Crippen LogP contribution is -2.21. The smallest absolute Gasteiger partial charge is 0.372 e. The van der Waals surface area contributed by atoms with Gasteiger partial charge in [0.1, 0.15) is 12.4 Å². The molecule has 0 saturated carbocycles. The molecule has 0 radical (unpaired) electrons. The van der Waals surface area contributed by atoms with Crippen LogP contribution in [-0.2, 0) is 11.2 Å². The van der Waals surface area contributed by atoms with Gasteiger partial charge >= 0.3 is 6.18 Å². The summed E-state index contributed by atoms with van der Waals surface area (Å²) in [6.07, 6.45) is -4.41. The second kappa shape index (κ2) is 5.26. The van der Waals surface area contributed by atoms with Crippen molar-refractivity contribution in [3.8, 4) is 0 Å². The molecular weight excluding hydrogens is 244 g/mol. The SMILES string of the molecule is Cc1nc(CCOCC(F)(F)F)[nH]c(=O)c1F. The number of hydrogen-bond donors (Lipinski definition) is 1. The standard InChI is InChI=1S/C9H10F4N2O2/c1-5-7(10)8(16)15-6(14-5)2-3-17-4-9(11,12)13/h2-4H2,1H3,(H,14,15,16). The molecule has 8 heteroatoms. The Balaban J connectivity index is 2.51. The van der Waals surface area contributed by atoms with E-state index in [0.717, 1.165) is 0 Å². The van der Waals surface area contributed by atoms with Crippen LogP contribution >= 0.6 is 0 Å². The number of nitrogens with zero attached hydrogens (tertiary/aromatic N) is 1. The maximum Gasteiger partial charge on any atom is 0.411 e. The predicted octanol–water partition coefficient (Wildman–Crippen LogP) is 1.34. The van der Waals surface area contributed by atoms with Crippen molar-refractivity contribution in [3.05, 3.63) is 27.7 Å². The monoisotopic (exact) mass is 254 g/mol. The molecule has 0 atom stereocenters. The zero-order chi connectivity index (χ0) is 13.1. The maximum absolute atomic E-state index is 12.9. The third-order valence-corrected chi connectivity index (χ3v) is 1.83. The zero-order valence-corrected chi connectivity index (χ0v) is 8.90. The molecule has 0 fully saturated rings. The van der Waals surface area contributed by atoms with Crippen molar-refractivity contribution in [3.63, 3.8) is 0 Å². The molecule has 0 aliphatic carbocycles. The van der Waals surface area contributed by atoms with Gasteiger partial charge < -0.3 is 9.72 Å². The van der Waals surface area contributed by atoms with Crippen LogP contribution in [0.25, 0.3) is 0 Å². The van der Waals surface area contributed by atoms with E-state index >= 15 is 0 Å². The molecule has 1 rings (SSSR count). The fourth-order valence-corrected chi connectivity index (χ4v) is 1.10. The number of rotatable bonds is 4. The van der Waals surface area contributed by atoms with E-state index in [0.29, 0.717) is 0 Å². The first-order valence-electron chi connectivity index (χ1n) is 4.69. The van der Waals surface area contributed by atoms with Gasteiger partial charge in [0, 0.05) is 6.42 Å². The van der Waals surface area contributed by atoms with E-state index in [1.54, 1.807) is 0 Å². The van der Waals surface area contributed by atoms with Gasteiger partial charge in [-0.1, -0.05) is 0 Å². The molecule has 1 N–H and O–H groups in total. The highest BCUT2D eigenvalue weighted by atomic mass is 19.4. The molecule has 0 spiro atoms. The van der Waals surface area contributed by atoms with Crippen molar-refractivity contribution >= 4 is 0 Å². The highest BCUT2D eigenvalue weighted by Gasteiger charge is 2.27. The van der Waals surface area contributed by atoms with Crippen molar-refractivity contribution < 1.29 is 22.3 Å². The van der Waals surface area contributed by atoms with E-state index in [-0.39, 0.29) is 24.5 Å². The second-order valence-corrected chi connectivity index (χ2v) is 3.33. The minimum atomic E-state index is -4.39. The molecule has 17 heavy (non-hydrogen) atoms. The van der Waals surface area contributed by atoms with Gasteiger partial charge in [-0.3, -0.25) is 4.79 Å². The van der Waals surface area contributed by atoms with Crippen LogP contribution in [0.3, 0.4) is 0 Å². The number of aromatic amines is 1. The van der Waals surface area contributed by atoms with Gasteiger partial charge in [0.25, 0.3) is 5.56 Å². The van der Waals surface area contributed by atoms with Crippen LogP contribution in [0.2, 0.25) is 0 Å². The van der Waals surface area contributed by atoms with Crippen LogP contribution in [-0.4, -0.2) is 29.4 Å². The van der Waals surface area contributed by atoms with E-state index in [2.05, 4.69) is 14.7 Å². The second-order valence-electron chi connectivity index (χ2n) is 3.33. The predicted molar refractivity (Wildman–Crippen MR) is 50.1 cm³/mol. The quantitative estimate of drug-likeness (QED) is 0.651. The van der Waals surface area contributed by atoms with Crippen molar-refractivity contribution in [2.45, 2.75) is 19.5 Å². The number of alkyl halides is 3. The molecule has 96 valence electrons. The number of aromatic nitrogens is 2. The highest BCUT2D eigenvalue weighted by molar-refractivity contribution is 5.03. The molecule has 1 aromatic heterocycles. The van der Waals surface area contributed by atoms with E-state index < -0.39 is 24.2 Å². The van der Waals surface area contributed by atoms with Crippen LogP contribution in [0.5, 0.6) is 0 Å². The van der Waals surface area contributed by atoms with Gasteiger partial charge in [0.05, 0.1) is 12.3 Å². The molecule has 1 heterocycles. The fourth-order valence-electron chi connectivity index (χ4n) is 1.10. The Bertz CT molecular complexity index is 442. The average Bonchev–Trinajstić information content (AvgIpc) is 2.19. The molecule has 4 nitrogen and oxygen atoms in total. The molecule has 0 aromatic carbocycles. The summed E-state index contributed by atoms with van der Waals surface area (Å²) in [5, 5.41) is 0. The first-order valence-corrected chi connectivity index (χ1v) is 4.69. The number of H-pyrrole nitrogens is 1. The van der Waals surface area contributed by atoms with Crippen molar-refractivity contribution in [2.24, 2.45) is 0 Å². The fraction of sp³-hybridized carbons (Fsp3) is 0.556. The van der Waals surface area contributed by atoms with E-state index in [1.165, 1.54) is 6.92 Å². The summed E-state index contributed by atoms with van der Waals surface area (Å²) in [5.74, 6) is -0.902. The van der Waals surface area contributed by atoms with Crippen LogP contribution in [0.1, 0.15) is 11.5 Å².